The fourth-order valence-corrected chi connectivity index (χ4v) is 2.77. The van der Waals surface area contributed by atoms with Crippen molar-refractivity contribution in [1.82, 2.24) is 9.88 Å². The predicted molar refractivity (Wildman–Crippen MR) is 90.4 cm³/mol. The molecule has 1 aliphatic rings. The van der Waals surface area contributed by atoms with Gasteiger partial charge >= 0.3 is 5.97 Å². The van der Waals surface area contributed by atoms with Crippen molar-refractivity contribution < 1.29 is 14.3 Å². The number of benzene rings is 1. The predicted octanol–water partition coefficient (Wildman–Crippen LogP) is 2.07. The SMILES string of the molecule is O=C(Cc1cccnc1)OCC1CN(Cc2ccccc2)CCO1. The number of pyridine rings is 1. The first-order valence-electron chi connectivity index (χ1n) is 8.22. The Morgan fingerprint density at radius 3 is 2.83 bits per heavy atom. The number of nitrogens with zero attached hydrogens (tertiary/aromatic N) is 2. The molecule has 1 aliphatic heterocycles. The van der Waals surface area contributed by atoms with Crippen LogP contribution in [-0.4, -0.2) is 48.3 Å². The lowest BCUT2D eigenvalue weighted by Gasteiger charge is -2.32. The van der Waals surface area contributed by atoms with E-state index in [1.807, 2.05) is 30.3 Å². The number of hydrogen-bond acceptors (Lipinski definition) is 5. The second kappa shape index (κ2) is 8.57. The maximum Gasteiger partial charge on any atom is 0.310 e. The van der Waals surface area contributed by atoms with E-state index in [0.29, 0.717) is 13.2 Å². The van der Waals surface area contributed by atoms with E-state index in [1.54, 1.807) is 12.4 Å². The van der Waals surface area contributed by atoms with Gasteiger partial charge in [0.2, 0.25) is 0 Å². The first-order valence-corrected chi connectivity index (χ1v) is 8.22. The highest BCUT2D eigenvalue weighted by molar-refractivity contribution is 5.72. The van der Waals surface area contributed by atoms with Crippen LogP contribution in [0.1, 0.15) is 11.1 Å². The van der Waals surface area contributed by atoms with Crippen LogP contribution in [-0.2, 0) is 27.2 Å². The minimum absolute atomic E-state index is 0.0692. The molecular weight excluding hydrogens is 304 g/mol. The van der Waals surface area contributed by atoms with Crippen molar-refractivity contribution in [2.75, 3.05) is 26.3 Å². The van der Waals surface area contributed by atoms with E-state index in [-0.39, 0.29) is 18.5 Å². The molecule has 5 heteroatoms. The van der Waals surface area contributed by atoms with Gasteiger partial charge in [-0.25, -0.2) is 0 Å². The zero-order valence-electron chi connectivity index (χ0n) is 13.6. The molecule has 24 heavy (non-hydrogen) atoms. The Labute approximate surface area is 142 Å². The number of ether oxygens (including phenoxy) is 2. The van der Waals surface area contributed by atoms with Crippen molar-refractivity contribution in [3.63, 3.8) is 0 Å². The average molecular weight is 326 g/mol. The number of carbonyl (C=O) groups is 1. The number of esters is 1. The van der Waals surface area contributed by atoms with Gasteiger partial charge < -0.3 is 9.47 Å². The van der Waals surface area contributed by atoms with Gasteiger partial charge in [-0.1, -0.05) is 36.4 Å². The van der Waals surface area contributed by atoms with E-state index in [4.69, 9.17) is 9.47 Å². The quantitative estimate of drug-likeness (QED) is 0.761. The maximum absolute atomic E-state index is 11.9. The largest absolute Gasteiger partial charge is 0.463 e. The van der Waals surface area contributed by atoms with Crippen molar-refractivity contribution in [2.45, 2.75) is 19.1 Å². The Bertz CT molecular complexity index is 634. The van der Waals surface area contributed by atoms with Crippen LogP contribution in [0.3, 0.4) is 0 Å². The topological polar surface area (TPSA) is 51.7 Å². The molecule has 3 rings (SSSR count). The lowest BCUT2D eigenvalue weighted by atomic mass is 10.2. The lowest BCUT2D eigenvalue weighted by molar-refractivity contribution is -0.149. The van der Waals surface area contributed by atoms with Crippen molar-refractivity contribution in [2.24, 2.45) is 0 Å². The molecular formula is C19H22N2O3. The highest BCUT2D eigenvalue weighted by Crippen LogP contribution is 2.11. The minimum atomic E-state index is -0.244. The third-order valence-electron chi connectivity index (χ3n) is 3.97. The van der Waals surface area contributed by atoms with E-state index in [1.165, 1.54) is 5.56 Å². The molecule has 5 nitrogen and oxygen atoms in total. The molecule has 0 bridgehead atoms. The van der Waals surface area contributed by atoms with E-state index >= 15 is 0 Å². The zero-order chi connectivity index (χ0) is 16.6. The van der Waals surface area contributed by atoms with E-state index in [0.717, 1.165) is 25.2 Å². The van der Waals surface area contributed by atoms with Crippen molar-refractivity contribution in [1.29, 1.82) is 0 Å². The molecule has 0 N–H and O–H groups in total. The van der Waals surface area contributed by atoms with E-state index in [2.05, 4.69) is 22.0 Å². The van der Waals surface area contributed by atoms with Crippen molar-refractivity contribution >= 4 is 5.97 Å². The van der Waals surface area contributed by atoms with Crippen LogP contribution < -0.4 is 0 Å². The van der Waals surface area contributed by atoms with Gasteiger partial charge in [-0.3, -0.25) is 14.7 Å². The molecule has 126 valence electrons. The van der Waals surface area contributed by atoms with Gasteiger partial charge in [-0.2, -0.15) is 0 Å². The maximum atomic E-state index is 11.9. The fourth-order valence-electron chi connectivity index (χ4n) is 2.77. The molecule has 1 saturated heterocycles. The standard InChI is InChI=1S/C19H22N2O3/c22-19(11-17-7-4-8-20-12-17)24-15-18-14-21(9-10-23-18)13-16-5-2-1-3-6-16/h1-8,12,18H,9-11,13-15H2. The number of rotatable bonds is 6. The van der Waals surface area contributed by atoms with Gasteiger partial charge in [0, 0.05) is 32.0 Å². The number of morpholine rings is 1. The monoisotopic (exact) mass is 326 g/mol. The molecule has 0 radical (unpaired) electrons. The van der Waals surface area contributed by atoms with E-state index in [9.17, 15) is 4.79 Å². The van der Waals surface area contributed by atoms with Gasteiger partial charge in [-0.05, 0) is 17.2 Å². The Morgan fingerprint density at radius 2 is 2.04 bits per heavy atom. The molecule has 0 aliphatic carbocycles. The molecule has 1 atom stereocenters. The molecule has 1 aromatic carbocycles. The highest BCUT2D eigenvalue weighted by Gasteiger charge is 2.22. The number of carbonyl (C=O) groups excluding carboxylic acids is 1. The van der Waals surface area contributed by atoms with Gasteiger partial charge in [0.1, 0.15) is 12.7 Å². The van der Waals surface area contributed by atoms with Crippen LogP contribution in [0.15, 0.2) is 54.9 Å². The van der Waals surface area contributed by atoms with Crippen LogP contribution >= 0.6 is 0 Å². The minimum Gasteiger partial charge on any atom is -0.463 e. The molecule has 2 heterocycles. The summed E-state index contributed by atoms with van der Waals surface area (Å²) < 4.78 is 11.1. The van der Waals surface area contributed by atoms with Gasteiger partial charge in [0.05, 0.1) is 13.0 Å². The molecule has 0 amide bonds. The molecule has 0 spiro atoms. The van der Waals surface area contributed by atoms with Crippen LogP contribution in [0.25, 0.3) is 0 Å². The third kappa shape index (κ3) is 5.15. The van der Waals surface area contributed by atoms with E-state index < -0.39 is 0 Å². The van der Waals surface area contributed by atoms with Crippen LogP contribution in [0.2, 0.25) is 0 Å². The van der Waals surface area contributed by atoms with Crippen molar-refractivity contribution in [3.8, 4) is 0 Å². The number of aromatic nitrogens is 1. The normalized spacial score (nSPS) is 18.2. The second-order valence-corrected chi connectivity index (χ2v) is 5.93. The fraction of sp³-hybridized carbons (Fsp3) is 0.368. The number of hydrogen-bond donors (Lipinski definition) is 0. The molecule has 0 saturated carbocycles. The molecule has 2 aromatic rings. The smallest absolute Gasteiger partial charge is 0.310 e. The Hall–Kier alpha value is -2.24. The average Bonchev–Trinajstić information content (AvgIpc) is 2.62. The lowest BCUT2D eigenvalue weighted by Crippen LogP contribution is -2.44. The summed E-state index contributed by atoms with van der Waals surface area (Å²) in [5.41, 5.74) is 2.14. The van der Waals surface area contributed by atoms with Gasteiger partial charge in [0.25, 0.3) is 0 Å². The summed E-state index contributed by atoms with van der Waals surface area (Å²) in [4.78, 5) is 18.2. The summed E-state index contributed by atoms with van der Waals surface area (Å²) in [6, 6.07) is 14.0. The summed E-state index contributed by atoms with van der Waals surface area (Å²) in [6.45, 7) is 3.52. The second-order valence-electron chi connectivity index (χ2n) is 5.93. The van der Waals surface area contributed by atoms with Crippen LogP contribution in [0.4, 0.5) is 0 Å². The first-order chi connectivity index (χ1) is 11.8. The van der Waals surface area contributed by atoms with Crippen LogP contribution in [0, 0.1) is 0 Å². The third-order valence-corrected chi connectivity index (χ3v) is 3.97. The Kier molecular flexibility index (Phi) is 5.93. The summed E-state index contributed by atoms with van der Waals surface area (Å²) in [7, 11) is 0. The molecule has 1 unspecified atom stereocenters. The summed E-state index contributed by atoms with van der Waals surface area (Å²) in [5, 5.41) is 0. The van der Waals surface area contributed by atoms with Gasteiger partial charge in [0.15, 0.2) is 0 Å². The zero-order valence-corrected chi connectivity index (χ0v) is 13.6. The summed E-state index contributed by atoms with van der Waals surface area (Å²) in [5.74, 6) is -0.244. The first kappa shape index (κ1) is 16.6. The van der Waals surface area contributed by atoms with Crippen molar-refractivity contribution in [3.05, 3.63) is 66.0 Å². The highest BCUT2D eigenvalue weighted by atomic mass is 16.6. The van der Waals surface area contributed by atoms with Gasteiger partial charge in [-0.15, -0.1) is 0 Å². The Morgan fingerprint density at radius 1 is 1.21 bits per heavy atom. The summed E-state index contributed by atoms with van der Waals surface area (Å²) in [6.07, 6.45) is 3.54. The summed E-state index contributed by atoms with van der Waals surface area (Å²) >= 11 is 0. The Balaban J connectivity index is 1.43. The molecule has 1 aromatic heterocycles. The molecule has 1 fully saturated rings. The van der Waals surface area contributed by atoms with Crippen LogP contribution in [0.5, 0.6) is 0 Å².